The summed E-state index contributed by atoms with van der Waals surface area (Å²) < 4.78 is 5.83. The number of methoxy groups -OCH3 is 1. The molecule has 1 rings (SSSR count). The normalized spacial score (nSPS) is 11.9. The third kappa shape index (κ3) is 3.83. The zero-order chi connectivity index (χ0) is 12.8. The highest BCUT2D eigenvalue weighted by atomic mass is 16.5. The predicted octanol–water partition coefficient (Wildman–Crippen LogP) is -1.59. The molecule has 0 spiro atoms. The highest BCUT2D eigenvalue weighted by Crippen LogP contribution is 1.92. The van der Waals surface area contributed by atoms with Crippen LogP contribution in [0, 0.1) is 0 Å². The average Bonchev–Trinajstić information content (AvgIpc) is 2.75. The molecule has 0 fully saturated rings. The number of hydrogen-bond acceptors (Lipinski definition) is 6. The Morgan fingerprint density at radius 3 is 2.88 bits per heavy atom. The molecule has 0 aliphatic heterocycles. The molecule has 0 radical (unpaired) electrons. The first-order valence-electron chi connectivity index (χ1n) is 5.03. The van der Waals surface area contributed by atoms with Crippen molar-refractivity contribution in [2.45, 2.75) is 26.1 Å². The molecule has 94 valence electrons. The second-order valence-electron chi connectivity index (χ2n) is 3.42. The van der Waals surface area contributed by atoms with E-state index in [-0.39, 0.29) is 19.0 Å². The van der Waals surface area contributed by atoms with Gasteiger partial charge in [0.25, 0.3) is 0 Å². The second-order valence-corrected chi connectivity index (χ2v) is 3.42. The monoisotopic (exact) mass is 241 g/mol. The van der Waals surface area contributed by atoms with Crippen molar-refractivity contribution in [2.75, 3.05) is 7.11 Å². The minimum atomic E-state index is -0.690. The number of nitrogens with two attached hydrogens (primary N) is 1. The van der Waals surface area contributed by atoms with Gasteiger partial charge in [-0.2, -0.15) is 0 Å². The first-order valence-corrected chi connectivity index (χ1v) is 5.03. The maximum absolute atomic E-state index is 11.5. The Balaban J connectivity index is 2.46. The van der Waals surface area contributed by atoms with E-state index in [1.807, 2.05) is 0 Å². The zero-order valence-corrected chi connectivity index (χ0v) is 9.71. The number of amides is 1. The van der Waals surface area contributed by atoms with E-state index >= 15 is 0 Å². The summed E-state index contributed by atoms with van der Waals surface area (Å²) in [6.45, 7) is 1.78. The first-order chi connectivity index (χ1) is 8.06. The smallest absolute Gasteiger partial charge is 0.328 e. The van der Waals surface area contributed by atoms with Crippen molar-refractivity contribution < 1.29 is 14.3 Å². The van der Waals surface area contributed by atoms with E-state index in [1.165, 1.54) is 18.7 Å². The molecule has 1 atom stereocenters. The summed E-state index contributed by atoms with van der Waals surface area (Å²) in [6.07, 6.45) is 1.57. The number of esters is 1. The van der Waals surface area contributed by atoms with Crippen LogP contribution in [-0.2, 0) is 27.4 Å². The third-order valence-corrected chi connectivity index (χ3v) is 2.03. The summed E-state index contributed by atoms with van der Waals surface area (Å²) >= 11 is 0. The number of rotatable bonds is 5. The molecule has 1 amide bonds. The summed E-state index contributed by atoms with van der Waals surface area (Å²) in [5, 5.41) is 9.92. The van der Waals surface area contributed by atoms with E-state index in [1.54, 1.807) is 6.20 Å². The van der Waals surface area contributed by atoms with Gasteiger partial charge in [0, 0.05) is 6.54 Å². The molecule has 17 heavy (non-hydrogen) atoms. The number of carbonyl (C=O) groups is 2. The number of carbonyl (C=O) groups excluding carboxylic acids is 2. The van der Waals surface area contributed by atoms with Crippen molar-refractivity contribution >= 4 is 11.9 Å². The van der Waals surface area contributed by atoms with Gasteiger partial charge in [-0.05, 0) is 6.92 Å². The first kappa shape index (κ1) is 13.1. The van der Waals surface area contributed by atoms with E-state index in [9.17, 15) is 9.59 Å². The van der Waals surface area contributed by atoms with Crippen LogP contribution < -0.4 is 11.1 Å². The molecule has 0 aliphatic carbocycles. The summed E-state index contributed by atoms with van der Waals surface area (Å²) in [7, 11) is 1.26. The molecule has 0 saturated carbocycles. The predicted molar refractivity (Wildman–Crippen MR) is 57.5 cm³/mol. The van der Waals surface area contributed by atoms with Gasteiger partial charge >= 0.3 is 5.97 Å². The topological polar surface area (TPSA) is 112 Å². The van der Waals surface area contributed by atoms with Crippen LogP contribution in [0.1, 0.15) is 12.6 Å². The Bertz CT molecular complexity index is 403. The van der Waals surface area contributed by atoms with Crippen LogP contribution in [0.5, 0.6) is 0 Å². The van der Waals surface area contributed by atoms with Gasteiger partial charge in [0.05, 0.1) is 19.0 Å². The van der Waals surface area contributed by atoms with Gasteiger partial charge in [-0.1, -0.05) is 5.21 Å². The highest BCUT2D eigenvalue weighted by molar-refractivity contribution is 5.83. The lowest BCUT2D eigenvalue weighted by Gasteiger charge is -2.10. The molecular formula is C9H15N5O3. The maximum Gasteiger partial charge on any atom is 0.328 e. The molecule has 8 nitrogen and oxygen atoms in total. The number of aromatic nitrogens is 3. The Hall–Kier alpha value is -1.96. The van der Waals surface area contributed by atoms with Gasteiger partial charge < -0.3 is 15.8 Å². The van der Waals surface area contributed by atoms with Crippen LogP contribution in [0.4, 0.5) is 0 Å². The highest BCUT2D eigenvalue weighted by Gasteiger charge is 2.16. The Kier molecular flexibility index (Phi) is 4.58. The SMILES string of the molecule is COC(=O)C(C)NC(=O)Cn1cc(CN)nn1. The summed E-state index contributed by atoms with van der Waals surface area (Å²) in [4.78, 5) is 22.6. The minimum Gasteiger partial charge on any atom is -0.467 e. The van der Waals surface area contributed by atoms with Gasteiger partial charge in [0.2, 0.25) is 5.91 Å². The Morgan fingerprint density at radius 1 is 1.65 bits per heavy atom. The van der Waals surface area contributed by atoms with Crippen molar-refractivity contribution in [3.63, 3.8) is 0 Å². The van der Waals surface area contributed by atoms with Gasteiger partial charge in [-0.3, -0.25) is 4.79 Å². The fourth-order valence-electron chi connectivity index (χ4n) is 1.18. The fourth-order valence-corrected chi connectivity index (χ4v) is 1.18. The van der Waals surface area contributed by atoms with E-state index in [2.05, 4.69) is 20.4 Å². The maximum atomic E-state index is 11.5. The molecule has 0 bridgehead atoms. The quantitative estimate of drug-likeness (QED) is 0.601. The second kappa shape index (κ2) is 5.94. The van der Waals surface area contributed by atoms with Gasteiger partial charge in [0.1, 0.15) is 12.6 Å². The van der Waals surface area contributed by atoms with E-state index < -0.39 is 12.0 Å². The molecule has 0 saturated heterocycles. The summed E-state index contributed by atoms with van der Waals surface area (Å²) in [5.74, 6) is -0.851. The summed E-state index contributed by atoms with van der Waals surface area (Å²) in [5.41, 5.74) is 5.95. The van der Waals surface area contributed by atoms with Crippen molar-refractivity contribution in [2.24, 2.45) is 5.73 Å². The van der Waals surface area contributed by atoms with Crippen LogP contribution in [0.2, 0.25) is 0 Å². The molecule has 8 heteroatoms. The standard InChI is InChI=1S/C9H15N5O3/c1-6(9(16)17-2)11-8(15)5-14-4-7(3-10)12-13-14/h4,6H,3,5,10H2,1-2H3,(H,11,15). The van der Waals surface area contributed by atoms with E-state index in [0.29, 0.717) is 5.69 Å². The molecule has 0 aliphatic rings. The summed E-state index contributed by atoms with van der Waals surface area (Å²) in [6, 6.07) is -0.690. The van der Waals surface area contributed by atoms with E-state index in [4.69, 9.17) is 5.73 Å². The molecule has 1 unspecified atom stereocenters. The Morgan fingerprint density at radius 2 is 2.35 bits per heavy atom. The number of nitrogens with zero attached hydrogens (tertiary/aromatic N) is 3. The van der Waals surface area contributed by atoms with Crippen LogP contribution >= 0.6 is 0 Å². The van der Waals surface area contributed by atoms with Crippen molar-refractivity contribution in [3.05, 3.63) is 11.9 Å². The number of nitrogens with one attached hydrogen (secondary N) is 1. The average molecular weight is 241 g/mol. The lowest BCUT2D eigenvalue weighted by atomic mass is 10.3. The van der Waals surface area contributed by atoms with E-state index in [0.717, 1.165) is 0 Å². The Labute approximate surface area is 98.1 Å². The molecule has 3 N–H and O–H groups in total. The fraction of sp³-hybridized carbons (Fsp3) is 0.556. The molecular weight excluding hydrogens is 226 g/mol. The van der Waals surface area contributed by atoms with Crippen molar-refractivity contribution in [1.82, 2.24) is 20.3 Å². The molecule has 0 aromatic carbocycles. The third-order valence-electron chi connectivity index (χ3n) is 2.03. The zero-order valence-electron chi connectivity index (χ0n) is 9.71. The van der Waals surface area contributed by atoms with Gasteiger partial charge in [-0.25, -0.2) is 9.48 Å². The van der Waals surface area contributed by atoms with Crippen LogP contribution in [-0.4, -0.2) is 40.0 Å². The van der Waals surface area contributed by atoms with Gasteiger partial charge in [0.15, 0.2) is 0 Å². The molecule has 1 heterocycles. The van der Waals surface area contributed by atoms with Crippen molar-refractivity contribution in [3.8, 4) is 0 Å². The van der Waals surface area contributed by atoms with Crippen LogP contribution in [0.25, 0.3) is 0 Å². The number of ether oxygens (including phenoxy) is 1. The molecule has 1 aromatic heterocycles. The molecule has 1 aromatic rings. The van der Waals surface area contributed by atoms with Crippen LogP contribution in [0.15, 0.2) is 6.20 Å². The minimum absolute atomic E-state index is 0.0195. The number of hydrogen-bond donors (Lipinski definition) is 2. The van der Waals surface area contributed by atoms with Gasteiger partial charge in [-0.15, -0.1) is 5.10 Å². The van der Waals surface area contributed by atoms with Crippen molar-refractivity contribution in [1.29, 1.82) is 0 Å². The lowest BCUT2D eigenvalue weighted by Crippen LogP contribution is -2.40. The lowest BCUT2D eigenvalue weighted by molar-refractivity contribution is -0.144. The van der Waals surface area contributed by atoms with Crippen LogP contribution in [0.3, 0.4) is 0 Å². The largest absolute Gasteiger partial charge is 0.467 e.